The minimum atomic E-state index is -5.00. The Hall–Kier alpha value is -3.47. The van der Waals surface area contributed by atoms with Gasteiger partial charge in [0.05, 0.1) is 17.7 Å². The van der Waals surface area contributed by atoms with Gasteiger partial charge < -0.3 is 19.5 Å². The Morgan fingerprint density at radius 3 is 2.42 bits per heavy atom. The second kappa shape index (κ2) is 11.1. The molecule has 0 spiro atoms. The average molecular weight is 538 g/mol. The molecule has 0 aliphatic carbocycles. The lowest BCUT2D eigenvalue weighted by atomic mass is 9.88. The minimum Gasteiger partial charge on any atom is -0.383 e. The molecule has 38 heavy (non-hydrogen) atoms. The van der Waals surface area contributed by atoms with Crippen molar-refractivity contribution in [2.75, 3.05) is 26.8 Å². The number of likely N-dealkylation sites (tertiary alicyclic amines) is 1. The maximum Gasteiger partial charge on any atom is 0.471 e. The molecule has 0 radical (unpaired) electrons. The normalized spacial score (nSPS) is 14.8. The van der Waals surface area contributed by atoms with Crippen molar-refractivity contribution in [1.82, 2.24) is 14.8 Å². The molecule has 0 atom stereocenters. The molecule has 0 bridgehead atoms. The van der Waals surface area contributed by atoms with Gasteiger partial charge >= 0.3 is 12.1 Å². The molecular weight excluding hydrogens is 509 g/mol. The summed E-state index contributed by atoms with van der Waals surface area (Å²) in [5, 5.41) is 2.34. The van der Waals surface area contributed by atoms with E-state index in [1.54, 1.807) is 34.2 Å². The van der Waals surface area contributed by atoms with E-state index in [4.69, 9.17) is 4.74 Å². The van der Waals surface area contributed by atoms with Gasteiger partial charge in [-0.3, -0.25) is 9.59 Å². The first-order chi connectivity index (χ1) is 18.0. The summed E-state index contributed by atoms with van der Waals surface area (Å²) in [5.74, 6) is -3.48. The molecule has 6 nitrogen and oxygen atoms in total. The van der Waals surface area contributed by atoms with Crippen molar-refractivity contribution in [3.63, 3.8) is 0 Å². The van der Waals surface area contributed by atoms with E-state index in [1.165, 1.54) is 24.3 Å². The number of ether oxygens (including phenoxy) is 1. The lowest BCUT2D eigenvalue weighted by Gasteiger charge is -2.32. The lowest BCUT2D eigenvalue weighted by molar-refractivity contribution is -0.173. The Kier molecular flexibility index (Phi) is 8.05. The van der Waals surface area contributed by atoms with Crippen molar-refractivity contribution in [3.05, 3.63) is 70.4 Å². The molecule has 1 saturated heterocycles. The van der Waals surface area contributed by atoms with Crippen LogP contribution in [0.1, 0.15) is 45.8 Å². The number of fused-ring (bicyclic) bond motifs is 1. The topological polar surface area (TPSA) is 63.6 Å². The van der Waals surface area contributed by atoms with E-state index in [0.29, 0.717) is 66.7 Å². The number of methoxy groups -OCH3 is 1. The fraction of sp³-hybridized carbons (Fsp3) is 0.407. The van der Waals surface area contributed by atoms with Crippen LogP contribution in [0.3, 0.4) is 0 Å². The molecular formula is C27H28F5N3O3. The Morgan fingerprint density at radius 2 is 1.76 bits per heavy atom. The quantitative estimate of drug-likeness (QED) is 0.428. The Labute approximate surface area is 216 Å². The fourth-order valence-electron chi connectivity index (χ4n) is 4.96. The Balaban J connectivity index is 1.49. The molecule has 4 rings (SSSR count). The van der Waals surface area contributed by atoms with Crippen LogP contribution in [0.2, 0.25) is 0 Å². The number of alkyl halides is 3. The highest BCUT2D eigenvalue weighted by atomic mass is 19.4. The third-order valence-corrected chi connectivity index (χ3v) is 6.94. The molecule has 11 heteroatoms. The van der Waals surface area contributed by atoms with Crippen LogP contribution in [0, 0.1) is 18.6 Å². The predicted molar refractivity (Wildman–Crippen MR) is 131 cm³/mol. The molecule has 1 N–H and O–H groups in total. The first-order valence-corrected chi connectivity index (χ1v) is 12.2. The highest BCUT2D eigenvalue weighted by molar-refractivity contribution is 6.08. The first-order valence-electron chi connectivity index (χ1n) is 12.2. The SMILES string of the molecule is COCCn1cc(C(=O)N2CCC(c3cc(CNC(=O)C(F)(F)F)ccc3F)CC2)c2c(C)ccc(F)c21. The molecule has 1 aromatic heterocycles. The number of amides is 2. The smallest absolute Gasteiger partial charge is 0.383 e. The summed E-state index contributed by atoms with van der Waals surface area (Å²) >= 11 is 0. The second-order valence-corrected chi connectivity index (χ2v) is 9.42. The number of aromatic nitrogens is 1. The van der Waals surface area contributed by atoms with Crippen molar-refractivity contribution >= 4 is 22.7 Å². The number of carbonyl (C=O) groups is 2. The number of nitrogens with zero attached hydrogens (tertiary/aromatic N) is 2. The van der Waals surface area contributed by atoms with Gasteiger partial charge in [-0.1, -0.05) is 18.2 Å². The monoisotopic (exact) mass is 537 g/mol. The number of hydrogen-bond donors (Lipinski definition) is 1. The van der Waals surface area contributed by atoms with E-state index in [-0.39, 0.29) is 18.4 Å². The minimum absolute atomic E-state index is 0.248. The predicted octanol–water partition coefficient (Wildman–Crippen LogP) is 5.07. The van der Waals surface area contributed by atoms with E-state index in [2.05, 4.69) is 0 Å². The summed E-state index contributed by atoms with van der Waals surface area (Å²) in [4.78, 5) is 26.3. The van der Waals surface area contributed by atoms with E-state index in [9.17, 15) is 31.5 Å². The number of aryl methyl sites for hydroxylation is 1. The van der Waals surface area contributed by atoms with Crippen LogP contribution in [0.15, 0.2) is 36.5 Å². The number of carbonyl (C=O) groups excluding carboxylic acids is 2. The third kappa shape index (κ3) is 5.67. The standard InChI is InChI=1S/C27H28F5N3O3/c1-16-3-5-22(29)24-23(16)20(15-35(24)11-12-38-2)25(36)34-9-7-18(8-10-34)19-13-17(4-6-21(19)28)14-33-26(37)27(30,31)32/h3-6,13,15,18H,7-12,14H2,1-2H3,(H,33,37). The van der Waals surface area contributed by atoms with Crippen molar-refractivity contribution in [3.8, 4) is 0 Å². The number of halogens is 5. The summed E-state index contributed by atoms with van der Waals surface area (Å²) in [5.41, 5.74) is 2.19. The summed E-state index contributed by atoms with van der Waals surface area (Å²) in [6.07, 6.45) is -2.47. The maximum atomic E-state index is 14.7. The third-order valence-electron chi connectivity index (χ3n) is 6.94. The summed E-state index contributed by atoms with van der Waals surface area (Å²) < 4.78 is 73.6. The molecule has 204 valence electrons. The van der Waals surface area contributed by atoms with Gasteiger partial charge in [0.15, 0.2) is 0 Å². The van der Waals surface area contributed by atoms with Crippen molar-refractivity contribution < 1.29 is 36.3 Å². The Bertz CT molecular complexity index is 1340. The van der Waals surface area contributed by atoms with Crippen LogP contribution in [0.5, 0.6) is 0 Å². The maximum absolute atomic E-state index is 14.7. The zero-order valence-corrected chi connectivity index (χ0v) is 21.0. The summed E-state index contributed by atoms with van der Waals surface area (Å²) in [7, 11) is 1.54. The van der Waals surface area contributed by atoms with Gasteiger partial charge in [-0.2, -0.15) is 13.2 Å². The molecule has 2 heterocycles. The van der Waals surface area contributed by atoms with Crippen LogP contribution >= 0.6 is 0 Å². The molecule has 1 fully saturated rings. The van der Waals surface area contributed by atoms with Crippen LogP contribution in [0.25, 0.3) is 10.9 Å². The molecule has 3 aromatic rings. The molecule has 2 amide bonds. The van der Waals surface area contributed by atoms with Crippen LogP contribution < -0.4 is 5.32 Å². The fourth-order valence-corrected chi connectivity index (χ4v) is 4.96. The van der Waals surface area contributed by atoms with E-state index in [0.717, 1.165) is 5.56 Å². The number of piperidine rings is 1. The largest absolute Gasteiger partial charge is 0.471 e. The highest BCUT2D eigenvalue weighted by Gasteiger charge is 2.38. The van der Waals surface area contributed by atoms with Gasteiger partial charge in [0.2, 0.25) is 0 Å². The van der Waals surface area contributed by atoms with Crippen molar-refractivity contribution in [1.29, 1.82) is 0 Å². The van der Waals surface area contributed by atoms with Crippen LogP contribution in [-0.2, 0) is 22.6 Å². The zero-order chi connectivity index (χ0) is 27.6. The van der Waals surface area contributed by atoms with E-state index in [1.807, 2.05) is 6.92 Å². The van der Waals surface area contributed by atoms with Gasteiger partial charge in [-0.25, -0.2) is 8.78 Å². The number of hydrogen-bond acceptors (Lipinski definition) is 3. The van der Waals surface area contributed by atoms with Crippen LogP contribution in [0.4, 0.5) is 22.0 Å². The highest BCUT2D eigenvalue weighted by Crippen LogP contribution is 2.33. The number of rotatable bonds is 7. The summed E-state index contributed by atoms with van der Waals surface area (Å²) in [6.45, 7) is 2.82. The van der Waals surface area contributed by atoms with Gasteiger partial charge in [-0.05, 0) is 54.5 Å². The molecule has 0 unspecified atom stereocenters. The summed E-state index contributed by atoms with van der Waals surface area (Å²) in [6, 6.07) is 6.97. The number of benzene rings is 2. The van der Waals surface area contributed by atoms with Crippen molar-refractivity contribution in [2.24, 2.45) is 0 Å². The Morgan fingerprint density at radius 1 is 1.08 bits per heavy atom. The van der Waals surface area contributed by atoms with Gasteiger partial charge in [0.25, 0.3) is 5.91 Å². The molecule has 0 saturated carbocycles. The van der Waals surface area contributed by atoms with Crippen LogP contribution in [-0.4, -0.2) is 54.3 Å². The zero-order valence-electron chi connectivity index (χ0n) is 21.0. The molecule has 1 aliphatic rings. The van der Waals surface area contributed by atoms with Gasteiger partial charge in [0.1, 0.15) is 11.6 Å². The first kappa shape index (κ1) is 27.6. The molecule has 2 aromatic carbocycles. The van der Waals surface area contributed by atoms with E-state index < -0.39 is 23.7 Å². The van der Waals surface area contributed by atoms with Crippen molar-refractivity contribution in [2.45, 2.75) is 44.9 Å². The lowest BCUT2D eigenvalue weighted by Crippen LogP contribution is -2.38. The number of nitrogens with one attached hydrogen (secondary N) is 1. The van der Waals surface area contributed by atoms with Gasteiger partial charge in [-0.15, -0.1) is 0 Å². The van der Waals surface area contributed by atoms with Gasteiger partial charge in [0, 0.05) is 44.9 Å². The average Bonchev–Trinajstić information content (AvgIpc) is 3.29. The second-order valence-electron chi connectivity index (χ2n) is 9.42. The van der Waals surface area contributed by atoms with E-state index >= 15 is 0 Å². The molecule has 1 aliphatic heterocycles.